The van der Waals surface area contributed by atoms with E-state index in [-0.39, 0.29) is 0 Å². The fourth-order valence-electron chi connectivity index (χ4n) is 3.69. The molecule has 0 spiro atoms. The molecule has 116 valence electrons. The molecule has 3 nitrogen and oxygen atoms in total. The standard InChI is InChI=1S/C17H32N2O/c1-14(2)16-6-4-11-19(12-9-16)17(20)8-7-15-5-3-10-18-13-15/h14-16,18H,3-13H2,1-2H3. The summed E-state index contributed by atoms with van der Waals surface area (Å²) in [5, 5.41) is 3.44. The molecule has 2 saturated heterocycles. The lowest BCUT2D eigenvalue weighted by molar-refractivity contribution is -0.131. The van der Waals surface area contributed by atoms with Crippen LogP contribution >= 0.6 is 0 Å². The van der Waals surface area contributed by atoms with Crippen LogP contribution in [0.5, 0.6) is 0 Å². The summed E-state index contributed by atoms with van der Waals surface area (Å²) in [5.74, 6) is 2.71. The summed E-state index contributed by atoms with van der Waals surface area (Å²) in [4.78, 5) is 14.5. The van der Waals surface area contributed by atoms with Gasteiger partial charge in [-0.25, -0.2) is 0 Å². The quantitative estimate of drug-likeness (QED) is 0.858. The van der Waals surface area contributed by atoms with Crippen molar-refractivity contribution >= 4 is 5.91 Å². The van der Waals surface area contributed by atoms with Crippen LogP contribution in [0, 0.1) is 17.8 Å². The highest BCUT2D eigenvalue weighted by molar-refractivity contribution is 5.76. The molecular weight excluding hydrogens is 248 g/mol. The fourth-order valence-corrected chi connectivity index (χ4v) is 3.69. The van der Waals surface area contributed by atoms with E-state index in [1.807, 2.05) is 0 Å². The minimum Gasteiger partial charge on any atom is -0.343 e. The lowest BCUT2D eigenvalue weighted by Gasteiger charge is -2.25. The highest BCUT2D eigenvalue weighted by Crippen LogP contribution is 2.25. The smallest absolute Gasteiger partial charge is 0.222 e. The van der Waals surface area contributed by atoms with Crippen molar-refractivity contribution in [2.24, 2.45) is 17.8 Å². The number of hydrogen-bond donors (Lipinski definition) is 1. The Kier molecular flexibility index (Phi) is 6.34. The Morgan fingerprint density at radius 3 is 2.75 bits per heavy atom. The molecule has 0 saturated carbocycles. The minimum absolute atomic E-state index is 0.403. The average molecular weight is 280 g/mol. The van der Waals surface area contributed by atoms with Gasteiger partial charge in [0.15, 0.2) is 0 Å². The summed E-state index contributed by atoms with van der Waals surface area (Å²) in [6.07, 6.45) is 8.12. The summed E-state index contributed by atoms with van der Waals surface area (Å²) in [7, 11) is 0. The molecule has 2 atom stereocenters. The topological polar surface area (TPSA) is 32.3 Å². The Hall–Kier alpha value is -0.570. The van der Waals surface area contributed by atoms with Crippen molar-refractivity contribution in [2.45, 2.75) is 58.8 Å². The van der Waals surface area contributed by atoms with Gasteiger partial charge in [0.25, 0.3) is 0 Å². The molecule has 2 fully saturated rings. The van der Waals surface area contributed by atoms with E-state index in [4.69, 9.17) is 0 Å². The van der Waals surface area contributed by atoms with Gasteiger partial charge in [-0.1, -0.05) is 13.8 Å². The number of carbonyl (C=O) groups is 1. The van der Waals surface area contributed by atoms with E-state index in [0.717, 1.165) is 56.8 Å². The summed E-state index contributed by atoms with van der Waals surface area (Å²) >= 11 is 0. The van der Waals surface area contributed by atoms with Gasteiger partial charge in [0.05, 0.1) is 0 Å². The highest BCUT2D eigenvalue weighted by Gasteiger charge is 2.23. The van der Waals surface area contributed by atoms with E-state index in [0.29, 0.717) is 5.91 Å². The molecular formula is C17H32N2O. The van der Waals surface area contributed by atoms with Crippen molar-refractivity contribution in [2.75, 3.05) is 26.2 Å². The molecule has 3 heteroatoms. The number of nitrogens with one attached hydrogen (secondary N) is 1. The number of carbonyl (C=O) groups excluding carboxylic acids is 1. The van der Waals surface area contributed by atoms with E-state index in [2.05, 4.69) is 24.1 Å². The van der Waals surface area contributed by atoms with Crippen LogP contribution in [0.4, 0.5) is 0 Å². The number of likely N-dealkylation sites (tertiary alicyclic amines) is 1. The first kappa shape index (κ1) is 15.8. The lowest BCUT2D eigenvalue weighted by Crippen LogP contribution is -2.34. The van der Waals surface area contributed by atoms with E-state index in [1.165, 1.54) is 32.1 Å². The average Bonchev–Trinajstić information content (AvgIpc) is 2.72. The summed E-state index contributed by atoms with van der Waals surface area (Å²) in [6, 6.07) is 0. The molecule has 0 bridgehead atoms. The first-order valence-corrected chi connectivity index (χ1v) is 8.65. The normalized spacial score (nSPS) is 28.4. The zero-order chi connectivity index (χ0) is 14.4. The Labute approximate surface area is 124 Å². The van der Waals surface area contributed by atoms with Gasteiger partial charge in [0.1, 0.15) is 0 Å². The molecule has 2 unspecified atom stereocenters. The Balaban J connectivity index is 1.71. The van der Waals surface area contributed by atoms with Crippen LogP contribution in [0.25, 0.3) is 0 Å². The zero-order valence-corrected chi connectivity index (χ0v) is 13.4. The maximum Gasteiger partial charge on any atom is 0.222 e. The second-order valence-electron chi connectivity index (χ2n) is 7.07. The van der Waals surface area contributed by atoms with E-state index in [9.17, 15) is 4.79 Å². The third-order valence-corrected chi connectivity index (χ3v) is 5.23. The van der Waals surface area contributed by atoms with E-state index in [1.54, 1.807) is 0 Å². The molecule has 0 aromatic heterocycles. The van der Waals surface area contributed by atoms with Crippen LogP contribution in [-0.2, 0) is 4.79 Å². The van der Waals surface area contributed by atoms with Gasteiger partial charge < -0.3 is 10.2 Å². The second kappa shape index (κ2) is 8.02. The molecule has 2 heterocycles. The van der Waals surface area contributed by atoms with Gasteiger partial charge in [-0.05, 0) is 69.4 Å². The predicted molar refractivity (Wildman–Crippen MR) is 83.6 cm³/mol. The molecule has 0 radical (unpaired) electrons. The van der Waals surface area contributed by atoms with Crippen LogP contribution in [0.15, 0.2) is 0 Å². The predicted octanol–water partition coefficient (Wildman–Crippen LogP) is 3.05. The van der Waals surface area contributed by atoms with Gasteiger partial charge in [-0.3, -0.25) is 4.79 Å². The maximum absolute atomic E-state index is 12.4. The Bertz CT molecular complexity index is 297. The summed E-state index contributed by atoms with van der Waals surface area (Å²) in [6.45, 7) is 8.89. The van der Waals surface area contributed by atoms with Crippen molar-refractivity contribution in [3.8, 4) is 0 Å². The summed E-state index contributed by atoms with van der Waals surface area (Å²) < 4.78 is 0. The molecule has 2 rings (SSSR count). The van der Waals surface area contributed by atoms with Gasteiger partial charge in [0, 0.05) is 19.5 Å². The molecule has 0 aromatic carbocycles. The van der Waals surface area contributed by atoms with E-state index >= 15 is 0 Å². The van der Waals surface area contributed by atoms with Crippen molar-refractivity contribution < 1.29 is 4.79 Å². The number of hydrogen-bond acceptors (Lipinski definition) is 2. The molecule has 1 N–H and O–H groups in total. The molecule has 1 amide bonds. The number of nitrogens with zero attached hydrogens (tertiary/aromatic N) is 1. The SMILES string of the molecule is CC(C)C1CCCN(C(=O)CCC2CCCNC2)CC1. The van der Waals surface area contributed by atoms with Crippen molar-refractivity contribution in [3.63, 3.8) is 0 Å². The fraction of sp³-hybridized carbons (Fsp3) is 0.941. The molecule has 2 aliphatic heterocycles. The molecule has 0 aliphatic carbocycles. The van der Waals surface area contributed by atoms with Crippen LogP contribution in [0.2, 0.25) is 0 Å². The van der Waals surface area contributed by atoms with Crippen molar-refractivity contribution in [1.29, 1.82) is 0 Å². The third kappa shape index (κ3) is 4.76. The summed E-state index contributed by atoms with van der Waals surface area (Å²) in [5.41, 5.74) is 0. The second-order valence-corrected chi connectivity index (χ2v) is 7.07. The molecule has 2 aliphatic rings. The monoisotopic (exact) mass is 280 g/mol. The van der Waals surface area contributed by atoms with Crippen molar-refractivity contribution in [1.82, 2.24) is 10.2 Å². The van der Waals surface area contributed by atoms with Crippen LogP contribution < -0.4 is 5.32 Å². The highest BCUT2D eigenvalue weighted by atomic mass is 16.2. The van der Waals surface area contributed by atoms with Crippen LogP contribution in [0.1, 0.15) is 58.8 Å². The van der Waals surface area contributed by atoms with Gasteiger partial charge >= 0.3 is 0 Å². The van der Waals surface area contributed by atoms with Crippen LogP contribution in [-0.4, -0.2) is 37.0 Å². The minimum atomic E-state index is 0.403. The Morgan fingerprint density at radius 2 is 2.05 bits per heavy atom. The molecule has 20 heavy (non-hydrogen) atoms. The number of amides is 1. The lowest BCUT2D eigenvalue weighted by atomic mass is 9.89. The first-order chi connectivity index (χ1) is 9.66. The van der Waals surface area contributed by atoms with Gasteiger partial charge in [-0.15, -0.1) is 0 Å². The number of piperidine rings is 1. The van der Waals surface area contributed by atoms with E-state index < -0.39 is 0 Å². The van der Waals surface area contributed by atoms with Crippen molar-refractivity contribution in [3.05, 3.63) is 0 Å². The first-order valence-electron chi connectivity index (χ1n) is 8.65. The van der Waals surface area contributed by atoms with Gasteiger partial charge in [-0.2, -0.15) is 0 Å². The largest absolute Gasteiger partial charge is 0.343 e. The third-order valence-electron chi connectivity index (χ3n) is 5.23. The van der Waals surface area contributed by atoms with Gasteiger partial charge in [0.2, 0.25) is 5.91 Å². The van der Waals surface area contributed by atoms with Crippen LogP contribution in [0.3, 0.4) is 0 Å². The Morgan fingerprint density at radius 1 is 1.20 bits per heavy atom. The zero-order valence-electron chi connectivity index (χ0n) is 13.4. The maximum atomic E-state index is 12.4. The number of rotatable bonds is 4. The molecule has 0 aromatic rings.